The van der Waals surface area contributed by atoms with Crippen molar-refractivity contribution in [2.45, 2.75) is 6.54 Å². The van der Waals surface area contributed by atoms with Crippen LogP contribution in [0.4, 0.5) is 0 Å². The van der Waals surface area contributed by atoms with E-state index in [2.05, 4.69) is 30.5 Å². The fourth-order valence-corrected chi connectivity index (χ4v) is 4.02. The minimum atomic E-state index is 0.0927. The first-order valence-electron chi connectivity index (χ1n) is 7.54. The molecule has 3 aromatic rings. The van der Waals surface area contributed by atoms with Gasteiger partial charge < -0.3 is 4.90 Å². The molecule has 1 aliphatic heterocycles. The summed E-state index contributed by atoms with van der Waals surface area (Å²) < 4.78 is 8.39. The summed E-state index contributed by atoms with van der Waals surface area (Å²) in [5.41, 5.74) is 3.72. The molecule has 3 heterocycles. The van der Waals surface area contributed by atoms with Crippen LogP contribution in [0.1, 0.15) is 15.9 Å². The smallest absolute Gasteiger partial charge is 0.254 e. The quantitative estimate of drug-likeness (QED) is 0.733. The Morgan fingerprint density at radius 1 is 1.09 bits per heavy atom. The summed E-state index contributed by atoms with van der Waals surface area (Å²) in [6.07, 6.45) is 0. The normalized spacial score (nSPS) is 16.1. The molecule has 1 aliphatic rings. The Balaban J connectivity index is 1.40. The Kier molecular flexibility index (Phi) is 4.07. The Morgan fingerprint density at radius 3 is 2.70 bits per heavy atom. The summed E-state index contributed by atoms with van der Waals surface area (Å²) in [6, 6.07) is 7.74. The third kappa shape index (κ3) is 3.12. The second-order valence-corrected chi connectivity index (χ2v) is 6.98. The lowest BCUT2D eigenvalue weighted by atomic mass is 10.1. The molecule has 2 aromatic heterocycles. The number of fused-ring (bicyclic) bond motifs is 1. The molecule has 4 rings (SSSR count). The first kappa shape index (κ1) is 14.7. The summed E-state index contributed by atoms with van der Waals surface area (Å²) in [7, 11) is 0. The molecule has 0 saturated carbocycles. The van der Waals surface area contributed by atoms with Crippen molar-refractivity contribution in [2.75, 3.05) is 26.2 Å². The molecule has 23 heavy (non-hydrogen) atoms. The molecule has 0 bridgehead atoms. The molecular weight excluding hydrogens is 328 g/mol. The van der Waals surface area contributed by atoms with E-state index in [0.29, 0.717) is 5.56 Å². The van der Waals surface area contributed by atoms with E-state index in [9.17, 15) is 4.79 Å². The van der Waals surface area contributed by atoms with Gasteiger partial charge in [0.1, 0.15) is 11.0 Å². The molecule has 1 fully saturated rings. The number of amides is 1. The van der Waals surface area contributed by atoms with E-state index in [4.69, 9.17) is 0 Å². The van der Waals surface area contributed by atoms with Crippen molar-refractivity contribution in [3.63, 3.8) is 0 Å². The van der Waals surface area contributed by atoms with Crippen molar-refractivity contribution >= 4 is 40.0 Å². The van der Waals surface area contributed by atoms with E-state index in [-0.39, 0.29) is 5.91 Å². The van der Waals surface area contributed by atoms with Gasteiger partial charge in [-0.2, -0.15) is 20.1 Å². The van der Waals surface area contributed by atoms with Crippen molar-refractivity contribution in [2.24, 2.45) is 0 Å². The lowest BCUT2D eigenvalue weighted by Crippen LogP contribution is -2.48. The lowest BCUT2D eigenvalue weighted by Gasteiger charge is -2.34. The van der Waals surface area contributed by atoms with Crippen molar-refractivity contribution in [1.29, 1.82) is 0 Å². The number of thiophene rings is 1. The van der Waals surface area contributed by atoms with Crippen molar-refractivity contribution in [1.82, 2.24) is 18.5 Å². The number of rotatable bonds is 3. The minimum Gasteiger partial charge on any atom is -0.336 e. The number of nitrogens with zero attached hydrogens (tertiary/aromatic N) is 4. The van der Waals surface area contributed by atoms with Gasteiger partial charge in [0.25, 0.3) is 5.91 Å². The Hall–Kier alpha value is -1.83. The van der Waals surface area contributed by atoms with Gasteiger partial charge in [0.05, 0.1) is 11.7 Å². The molecule has 1 aromatic carbocycles. The van der Waals surface area contributed by atoms with Crippen LogP contribution in [-0.4, -0.2) is 50.6 Å². The maximum Gasteiger partial charge on any atom is 0.254 e. The zero-order chi connectivity index (χ0) is 15.6. The summed E-state index contributed by atoms with van der Waals surface area (Å²) in [5.74, 6) is 0.0927. The topological polar surface area (TPSA) is 49.3 Å². The Labute approximate surface area is 142 Å². The Morgan fingerprint density at radius 2 is 1.91 bits per heavy atom. The van der Waals surface area contributed by atoms with Crippen LogP contribution in [0.5, 0.6) is 0 Å². The number of aromatic nitrogens is 2. The highest BCUT2D eigenvalue weighted by Crippen LogP contribution is 2.17. The van der Waals surface area contributed by atoms with Gasteiger partial charge in [-0.15, -0.1) is 0 Å². The van der Waals surface area contributed by atoms with Crippen LogP contribution in [0.3, 0.4) is 0 Å². The second kappa shape index (κ2) is 6.35. The zero-order valence-electron chi connectivity index (χ0n) is 12.5. The maximum atomic E-state index is 12.7. The van der Waals surface area contributed by atoms with Gasteiger partial charge in [-0.1, -0.05) is 0 Å². The zero-order valence-corrected chi connectivity index (χ0v) is 14.1. The van der Waals surface area contributed by atoms with Crippen LogP contribution < -0.4 is 0 Å². The molecule has 0 atom stereocenters. The van der Waals surface area contributed by atoms with Gasteiger partial charge in [0.2, 0.25) is 0 Å². The highest BCUT2D eigenvalue weighted by atomic mass is 32.1. The number of benzene rings is 1. The van der Waals surface area contributed by atoms with Gasteiger partial charge in [-0.05, 0) is 40.6 Å². The average Bonchev–Trinajstić information content (AvgIpc) is 3.25. The third-order valence-corrected chi connectivity index (χ3v) is 5.44. The monoisotopic (exact) mass is 344 g/mol. The minimum absolute atomic E-state index is 0.0927. The number of hydrogen-bond donors (Lipinski definition) is 0. The largest absolute Gasteiger partial charge is 0.336 e. The molecule has 1 amide bonds. The van der Waals surface area contributed by atoms with Gasteiger partial charge in [-0.3, -0.25) is 9.69 Å². The van der Waals surface area contributed by atoms with Crippen molar-refractivity contribution in [3.8, 4) is 0 Å². The highest BCUT2D eigenvalue weighted by Gasteiger charge is 2.22. The van der Waals surface area contributed by atoms with Crippen molar-refractivity contribution < 1.29 is 4.79 Å². The molecule has 1 saturated heterocycles. The maximum absolute atomic E-state index is 12.7. The predicted molar refractivity (Wildman–Crippen MR) is 92.9 cm³/mol. The molecule has 0 N–H and O–H groups in total. The predicted octanol–water partition coefficient (Wildman–Crippen LogP) is 2.71. The summed E-state index contributed by atoms with van der Waals surface area (Å²) >= 11 is 2.91. The number of piperazine rings is 1. The highest BCUT2D eigenvalue weighted by molar-refractivity contribution is 7.07. The van der Waals surface area contributed by atoms with E-state index in [1.54, 1.807) is 11.3 Å². The van der Waals surface area contributed by atoms with E-state index in [1.165, 1.54) is 17.3 Å². The molecule has 5 nitrogen and oxygen atoms in total. The van der Waals surface area contributed by atoms with Gasteiger partial charge in [0.15, 0.2) is 0 Å². The molecule has 7 heteroatoms. The van der Waals surface area contributed by atoms with Crippen LogP contribution in [0.15, 0.2) is 35.0 Å². The fourth-order valence-electron chi connectivity index (χ4n) is 2.85. The summed E-state index contributed by atoms with van der Waals surface area (Å²) in [6.45, 7) is 4.36. The number of hydrogen-bond acceptors (Lipinski definition) is 6. The lowest BCUT2D eigenvalue weighted by molar-refractivity contribution is 0.0629. The number of carbonyl (C=O) groups is 1. The van der Waals surface area contributed by atoms with E-state index < -0.39 is 0 Å². The van der Waals surface area contributed by atoms with Crippen LogP contribution in [0.25, 0.3) is 11.0 Å². The molecule has 0 radical (unpaired) electrons. The molecular formula is C16H16N4OS2. The van der Waals surface area contributed by atoms with Gasteiger partial charge >= 0.3 is 0 Å². The van der Waals surface area contributed by atoms with Crippen LogP contribution in [0.2, 0.25) is 0 Å². The molecule has 0 aliphatic carbocycles. The first-order chi connectivity index (χ1) is 11.3. The van der Waals surface area contributed by atoms with Crippen LogP contribution in [-0.2, 0) is 6.54 Å². The van der Waals surface area contributed by atoms with E-state index in [1.807, 2.05) is 23.1 Å². The SMILES string of the molecule is O=C(c1ccc2nsnc2c1)N1CCN(Cc2ccsc2)CC1. The van der Waals surface area contributed by atoms with Crippen LogP contribution >= 0.6 is 23.1 Å². The number of carbonyl (C=O) groups excluding carboxylic acids is 1. The Bertz CT molecular complexity index is 806. The fraction of sp³-hybridized carbons (Fsp3) is 0.312. The summed E-state index contributed by atoms with van der Waals surface area (Å²) in [5, 5.41) is 4.30. The molecule has 0 unspecified atom stereocenters. The van der Waals surface area contributed by atoms with E-state index >= 15 is 0 Å². The summed E-state index contributed by atoms with van der Waals surface area (Å²) in [4.78, 5) is 17.0. The van der Waals surface area contributed by atoms with Crippen molar-refractivity contribution in [3.05, 3.63) is 46.2 Å². The standard InChI is InChI=1S/C16H16N4OS2/c21-16(13-1-2-14-15(9-13)18-23-17-14)20-6-4-19(5-7-20)10-12-3-8-22-11-12/h1-3,8-9,11H,4-7,10H2. The van der Waals surface area contributed by atoms with Gasteiger partial charge in [-0.25, -0.2) is 0 Å². The van der Waals surface area contributed by atoms with Gasteiger partial charge in [0, 0.05) is 38.3 Å². The third-order valence-electron chi connectivity index (χ3n) is 4.15. The average molecular weight is 344 g/mol. The van der Waals surface area contributed by atoms with Crippen LogP contribution in [0, 0.1) is 0 Å². The first-order valence-corrected chi connectivity index (χ1v) is 9.22. The second-order valence-electron chi connectivity index (χ2n) is 5.67. The van der Waals surface area contributed by atoms with E-state index in [0.717, 1.165) is 43.8 Å². The molecule has 0 spiro atoms. The molecule has 118 valence electrons.